The highest BCUT2D eigenvalue weighted by Gasteiger charge is 2.58. The number of aliphatic hydroxyl groups is 2. The summed E-state index contributed by atoms with van der Waals surface area (Å²) in [7, 11) is 0. The van der Waals surface area contributed by atoms with Gasteiger partial charge in [0.2, 0.25) is 5.67 Å². The molecule has 1 unspecified atom stereocenters. The number of halogens is 1. The van der Waals surface area contributed by atoms with E-state index in [0.717, 1.165) is 16.8 Å². The molecule has 8 heteroatoms. The molecule has 108 valence electrons. The van der Waals surface area contributed by atoms with Gasteiger partial charge in [-0.3, -0.25) is 14.3 Å². The van der Waals surface area contributed by atoms with Crippen LogP contribution in [-0.4, -0.2) is 43.7 Å². The van der Waals surface area contributed by atoms with Crippen molar-refractivity contribution in [2.75, 3.05) is 0 Å². The first-order valence-electron chi connectivity index (χ1n) is 5.81. The van der Waals surface area contributed by atoms with Crippen LogP contribution in [0.2, 0.25) is 0 Å². The Labute approximate surface area is 112 Å². The smallest absolute Gasteiger partial charge is 0.330 e. The second kappa shape index (κ2) is 4.86. The molecule has 1 fully saturated rings. The zero-order valence-electron chi connectivity index (χ0n) is 10.5. The van der Waals surface area contributed by atoms with Crippen LogP contribution in [0.25, 0.3) is 0 Å². The van der Waals surface area contributed by atoms with E-state index in [1.165, 1.54) is 6.92 Å². The molecular formula is C12H13FN2O5. The van der Waals surface area contributed by atoms with Crippen LogP contribution in [0.1, 0.15) is 13.2 Å². The SMILES string of the molecule is C#CC1(F)[C@@H](O)[C@@H]([C@H](C)O)O[C@H]1n1ccc(=O)[nH]c1=O. The van der Waals surface area contributed by atoms with Crippen molar-refractivity contribution in [3.8, 4) is 12.3 Å². The lowest BCUT2D eigenvalue weighted by molar-refractivity contribution is -0.0803. The number of alkyl halides is 1. The first kappa shape index (κ1) is 14.5. The summed E-state index contributed by atoms with van der Waals surface area (Å²) in [6.07, 6.45) is 0.158. The average Bonchev–Trinajstić information content (AvgIpc) is 2.64. The third-order valence-corrected chi connectivity index (χ3v) is 3.19. The highest BCUT2D eigenvalue weighted by Crippen LogP contribution is 2.41. The molecule has 1 aliphatic heterocycles. The van der Waals surface area contributed by atoms with Crippen LogP contribution in [0.5, 0.6) is 0 Å². The number of aromatic nitrogens is 2. The molecule has 0 aromatic carbocycles. The molecule has 2 heterocycles. The second-order valence-electron chi connectivity index (χ2n) is 4.57. The van der Waals surface area contributed by atoms with E-state index in [-0.39, 0.29) is 0 Å². The summed E-state index contributed by atoms with van der Waals surface area (Å²) in [4.78, 5) is 24.6. The highest BCUT2D eigenvalue weighted by atomic mass is 19.1. The van der Waals surface area contributed by atoms with Crippen molar-refractivity contribution in [2.45, 2.75) is 37.1 Å². The van der Waals surface area contributed by atoms with Crippen LogP contribution in [0.15, 0.2) is 21.9 Å². The van der Waals surface area contributed by atoms with E-state index in [4.69, 9.17) is 11.2 Å². The van der Waals surface area contributed by atoms with Gasteiger partial charge >= 0.3 is 5.69 Å². The summed E-state index contributed by atoms with van der Waals surface area (Å²) in [5.41, 5.74) is -4.30. The molecule has 0 saturated carbocycles. The summed E-state index contributed by atoms with van der Waals surface area (Å²) < 4.78 is 20.6. The number of terminal acetylenes is 1. The predicted molar refractivity (Wildman–Crippen MR) is 65.6 cm³/mol. The molecule has 0 radical (unpaired) electrons. The summed E-state index contributed by atoms with van der Waals surface area (Å²) in [5.74, 6) is 1.76. The van der Waals surface area contributed by atoms with E-state index in [0.29, 0.717) is 0 Å². The van der Waals surface area contributed by atoms with E-state index < -0.39 is 41.5 Å². The molecule has 1 aromatic heterocycles. The third kappa shape index (κ3) is 2.06. The van der Waals surface area contributed by atoms with Gasteiger partial charge in [-0.05, 0) is 6.92 Å². The van der Waals surface area contributed by atoms with E-state index in [1.54, 1.807) is 5.92 Å². The van der Waals surface area contributed by atoms with Gasteiger partial charge in [0.1, 0.15) is 12.2 Å². The van der Waals surface area contributed by atoms with Gasteiger partial charge in [0, 0.05) is 12.3 Å². The van der Waals surface area contributed by atoms with Gasteiger partial charge in [-0.25, -0.2) is 9.18 Å². The van der Waals surface area contributed by atoms with Gasteiger partial charge in [-0.15, -0.1) is 6.42 Å². The van der Waals surface area contributed by atoms with Crippen LogP contribution in [0, 0.1) is 12.3 Å². The predicted octanol–water partition coefficient (Wildman–Crippen LogP) is -1.48. The number of nitrogens with zero attached hydrogens (tertiary/aromatic N) is 1. The van der Waals surface area contributed by atoms with Crippen LogP contribution < -0.4 is 11.2 Å². The Morgan fingerprint density at radius 1 is 1.65 bits per heavy atom. The fourth-order valence-corrected chi connectivity index (χ4v) is 2.12. The normalized spacial score (nSPS) is 34.6. The van der Waals surface area contributed by atoms with E-state index >= 15 is 0 Å². The lowest BCUT2D eigenvalue weighted by atomic mass is 9.95. The van der Waals surface area contributed by atoms with Crippen molar-refractivity contribution in [3.63, 3.8) is 0 Å². The van der Waals surface area contributed by atoms with Crippen molar-refractivity contribution in [2.24, 2.45) is 0 Å². The number of ether oxygens (including phenoxy) is 1. The minimum Gasteiger partial charge on any atom is -0.391 e. The maximum absolute atomic E-state index is 14.7. The van der Waals surface area contributed by atoms with Crippen LogP contribution >= 0.6 is 0 Å². The fraction of sp³-hybridized carbons (Fsp3) is 0.500. The average molecular weight is 284 g/mol. The molecule has 3 N–H and O–H groups in total. The Hall–Kier alpha value is -1.95. The quantitative estimate of drug-likeness (QED) is 0.574. The number of hydrogen-bond donors (Lipinski definition) is 3. The standard InChI is InChI=1S/C12H13FN2O5/c1-3-12(13)9(18)8(6(2)16)20-10(12)15-5-4-7(17)14-11(15)19/h1,4-6,8-10,16,18H,2H3,(H,14,17,19)/t6-,8+,9-,10+,12?/m0/s1. The summed E-state index contributed by atoms with van der Waals surface area (Å²) in [5, 5.41) is 19.3. The molecule has 1 saturated heterocycles. The van der Waals surface area contributed by atoms with Gasteiger partial charge in [0.05, 0.1) is 6.10 Å². The number of nitrogens with one attached hydrogen (secondary N) is 1. The molecule has 2 rings (SSSR count). The number of aromatic amines is 1. The van der Waals surface area contributed by atoms with Crippen LogP contribution in [-0.2, 0) is 4.74 Å². The molecule has 0 bridgehead atoms. The van der Waals surface area contributed by atoms with Crippen molar-refractivity contribution in [3.05, 3.63) is 33.1 Å². The second-order valence-corrected chi connectivity index (χ2v) is 4.57. The van der Waals surface area contributed by atoms with Gasteiger partial charge in [-0.2, -0.15) is 0 Å². The van der Waals surface area contributed by atoms with Gasteiger partial charge in [-0.1, -0.05) is 5.92 Å². The van der Waals surface area contributed by atoms with Gasteiger partial charge in [0.15, 0.2) is 6.23 Å². The van der Waals surface area contributed by atoms with Crippen LogP contribution in [0.3, 0.4) is 0 Å². The highest BCUT2D eigenvalue weighted by molar-refractivity contribution is 5.20. The lowest BCUT2D eigenvalue weighted by Gasteiger charge is -2.23. The van der Waals surface area contributed by atoms with Crippen LogP contribution in [0.4, 0.5) is 4.39 Å². The van der Waals surface area contributed by atoms with E-state index in [1.807, 2.05) is 4.98 Å². The van der Waals surface area contributed by atoms with E-state index in [9.17, 15) is 24.2 Å². The maximum atomic E-state index is 14.7. The van der Waals surface area contributed by atoms with Crippen molar-refractivity contribution < 1.29 is 19.3 Å². The zero-order chi connectivity index (χ0) is 15.1. The Balaban J connectivity index is 2.53. The Morgan fingerprint density at radius 2 is 2.30 bits per heavy atom. The van der Waals surface area contributed by atoms with Gasteiger partial charge in [0.25, 0.3) is 5.56 Å². The minimum absolute atomic E-state index is 0.665. The molecule has 0 spiro atoms. The minimum atomic E-state index is -2.70. The summed E-state index contributed by atoms with van der Waals surface area (Å²) in [6, 6.07) is 0.990. The van der Waals surface area contributed by atoms with Crippen molar-refractivity contribution in [1.82, 2.24) is 9.55 Å². The third-order valence-electron chi connectivity index (χ3n) is 3.19. The van der Waals surface area contributed by atoms with Gasteiger partial charge < -0.3 is 14.9 Å². The molecule has 7 nitrogen and oxygen atoms in total. The molecule has 0 aliphatic carbocycles. The topological polar surface area (TPSA) is 105 Å². The molecule has 5 atom stereocenters. The molecule has 20 heavy (non-hydrogen) atoms. The zero-order valence-corrected chi connectivity index (χ0v) is 10.5. The number of rotatable bonds is 2. The number of aliphatic hydroxyl groups excluding tert-OH is 2. The monoisotopic (exact) mass is 284 g/mol. The Morgan fingerprint density at radius 3 is 2.80 bits per heavy atom. The first-order valence-corrected chi connectivity index (χ1v) is 5.81. The number of hydrogen-bond acceptors (Lipinski definition) is 5. The van der Waals surface area contributed by atoms with E-state index in [2.05, 4.69) is 0 Å². The number of H-pyrrole nitrogens is 1. The Bertz CT molecular complexity index is 661. The van der Waals surface area contributed by atoms with Crippen molar-refractivity contribution >= 4 is 0 Å². The first-order chi connectivity index (χ1) is 9.31. The maximum Gasteiger partial charge on any atom is 0.330 e. The molecule has 1 aromatic rings. The fourth-order valence-electron chi connectivity index (χ4n) is 2.12. The summed E-state index contributed by atoms with van der Waals surface area (Å²) in [6.45, 7) is 1.29. The molecule has 1 aliphatic rings. The Kier molecular flexibility index (Phi) is 3.52. The molecule has 0 amide bonds. The molecular weight excluding hydrogens is 271 g/mol. The van der Waals surface area contributed by atoms with Crippen molar-refractivity contribution in [1.29, 1.82) is 0 Å². The summed E-state index contributed by atoms with van der Waals surface area (Å²) >= 11 is 0. The largest absolute Gasteiger partial charge is 0.391 e. The lowest BCUT2D eigenvalue weighted by Crippen LogP contribution is -2.45.